The van der Waals surface area contributed by atoms with Gasteiger partial charge in [0.2, 0.25) is 76.8 Å². The lowest BCUT2D eigenvalue weighted by Gasteiger charge is -2.28. The van der Waals surface area contributed by atoms with E-state index in [1.165, 1.54) is 74.4 Å². The smallest absolute Gasteiger partial charge is 0.326 e. The van der Waals surface area contributed by atoms with Crippen LogP contribution in [-0.2, 0) is 110 Å². The predicted molar refractivity (Wildman–Crippen MR) is 474 cm³/mol. The number of nitrogens with zero attached hydrogens (tertiary/aromatic N) is 4. The predicted octanol–water partition coefficient (Wildman–Crippen LogP) is -7.84. The first kappa shape index (κ1) is 106. The maximum absolute atomic E-state index is 15.1. The Morgan fingerprint density at radius 2 is 0.659 bits per heavy atom. The number of nitrogens with one attached hydrogen (secondary N) is 21. The number of hydrogen-bond acceptors (Lipinski definition) is 27. The van der Waals surface area contributed by atoms with Crippen molar-refractivity contribution in [3.05, 3.63) is 139 Å². The molecule has 50 nitrogen and oxygen atoms in total. The molecule has 0 bridgehead atoms. The number of imidazole rings is 4. The highest BCUT2D eigenvalue weighted by atomic mass is 16.4. The van der Waals surface area contributed by atoms with Crippen LogP contribution in [0.3, 0.4) is 0 Å². The van der Waals surface area contributed by atoms with Crippen LogP contribution in [0.25, 0.3) is 0 Å². The molecule has 0 aliphatic rings. The SMILES string of the molecule is N=C(N)NCCC[C@H](NC(=O)[C@H](Cc1cnc[nH]1)NC(=O)[C@H](CO)NC(=O)[C@H](Cc1cnc[nH]1)NC(=O)[C@H](Cc1cnc[nH]1)NC(=O)[C@H](CCCCN)NC(=O)[C@H](CCC(=O)O)NC(=O)[C@H](Cc1cnc[nH]1)NC(=O)[C@H](Cc1ccccc1)NC(=O)[C@H](CCCCN)NC(=O)[C@H](CCCNC(=N)N)NC(=O)[C@@H](N)CCCCN)C(=O)NCC(=O)N[C@@H](Cc1ccc(O)cc1)C(=O)O. The summed E-state index contributed by atoms with van der Waals surface area (Å²) in [7, 11) is 0. The summed E-state index contributed by atoms with van der Waals surface area (Å²) in [5.74, 6) is -16.6. The average molecular weight is 1850 g/mol. The van der Waals surface area contributed by atoms with E-state index >= 15 is 19.2 Å². The summed E-state index contributed by atoms with van der Waals surface area (Å²) < 4.78 is 0. The van der Waals surface area contributed by atoms with Crippen molar-refractivity contribution >= 4 is 101 Å². The molecule has 6 rings (SSSR count). The Bertz CT molecular complexity index is 4670. The number of aromatic hydroxyl groups is 1. The van der Waals surface area contributed by atoms with Crippen LogP contribution in [0.5, 0.6) is 5.75 Å². The Hall–Kier alpha value is -14.5. The zero-order valence-corrected chi connectivity index (χ0v) is 72.8. The van der Waals surface area contributed by atoms with Gasteiger partial charge in [-0.25, -0.2) is 24.7 Å². The summed E-state index contributed by atoms with van der Waals surface area (Å²) in [4.78, 5) is 240. The lowest BCUT2D eigenvalue weighted by Crippen LogP contribution is -2.62. The van der Waals surface area contributed by atoms with E-state index in [1.807, 2.05) is 0 Å². The number of H-pyrrole nitrogens is 4. The first-order valence-corrected chi connectivity index (χ1v) is 43.0. The van der Waals surface area contributed by atoms with Crippen LogP contribution in [-0.4, -0.2) is 285 Å². The number of rotatable bonds is 63. The second kappa shape index (κ2) is 57.4. The molecule has 0 aliphatic heterocycles. The highest BCUT2D eigenvalue weighted by Crippen LogP contribution is 2.16. The van der Waals surface area contributed by atoms with E-state index in [9.17, 15) is 73.2 Å². The number of aliphatic carboxylic acids is 2. The van der Waals surface area contributed by atoms with Crippen LogP contribution in [0.2, 0.25) is 0 Å². The molecule has 4 aromatic heterocycles. The van der Waals surface area contributed by atoms with Gasteiger partial charge >= 0.3 is 11.9 Å². The molecule has 0 unspecified atom stereocenters. The fraction of sp³-hybridized carbons (Fsp3) is 0.500. The van der Waals surface area contributed by atoms with Gasteiger partial charge in [-0.1, -0.05) is 48.9 Å². The van der Waals surface area contributed by atoms with Gasteiger partial charge in [-0.05, 0) is 126 Å². The van der Waals surface area contributed by atoms with E-state index in [0.717, 1.165) is 0 Å². The minimum Gasteiger partial charge on any atom is -0.508 e. The summed E-state index contributed by atoms with van der Waals surface area (Å²) in [6.07, 6.45) is 9.18. The Kier molecular flexibility index (Phi) is 46.2. The zero-order chi connectivity index (χ0) is 96.4. The molecular weight excluding hydrogens is 1720 g/mol. The van der Waals surface area contributed by atoms with Crippen LogP contribution < -0.4 is 114 Å². The van der Waals surface area contributed by atoms with Crippen molar-refractivity contribution in [3.63, 3.8) is 0 Å². The molecular formula is C82H123N31O19. The number of guanidine groups is 2. The summed E-state index contributed by atoms with van der Waals surface area (Å²) in [5, 5.41) is 94.1. The molecule has 132 heavy (non-hydrogen) atoms. The fourth-order valence-electron chi connectivity index (χ4n) is 13.5. The molecule has 4 heterocycles. The van der Waals surface area contributed by atoms with Gasteiger partial charge in [0, 0.05) is 106 Å². The number of carbonyl (C=O) groups excluding carboxylic acids is 13. The van der Waals surface area contributed by atoms with E-state index in [0.29, 0.717) is 36.9 Å². The molecule has 720 valence electrons. The number of carbonyl (C=O) groups is 15. The van der Waals surface area contributed by atoms with Crippen molar-refractivity contribution in [2.24, 2.45) is 34.4 Å². The Morgan fingerprint density at radius 1 is 0.348 bits per heavy atom. The van der Waals surface area contributed by atoms with E-state index in [-0.39, 0.29) is 151 Å². The molecule has 37 N–H and O–H groups in total. The number of amides is 13. The van der Waals surface area contributed by atoms with Gasteiger partial charge in [0.15, 0.2) is 11.9 Å². The van der Waals surface area contributed by atoms with Gasteiger partial charge in [0.25, 0.3) is 0 Å². The highest BCUT2D eigenvalue weighted by molar-refractivity contribution is 6.00. The van der Waals surface area contributed by atoms with Gasteiger partial charge in [0.1, 0.15) is 78.3 Å². The second-order valence-corrected chi connectivity index (χ2v) is 31.1. The van der Waals surface area contributed by atoms with E-state index in [1.54, 1.807) is 30.3 Å². The molecule has 0 saturated heterocycles. The van der Waals surface area contributed by atoms with Crippen molar-refractivity contribution in [2.75, 3.05) is 45.9 Å². The topological polar surface area (TPSA) is 836 Å². The molecule has 0 radical (unpaired) electrons. The largest absolute Gasteiger partial charge is 0.508 e. The van der Waals surface area contributed by atoms with Crippen LogP contribution in [0.15, 0.2) is 105 Å². The Balaban J connectivity index is 1.23. The molecule has 2 aromatic carbocycles. The van der Waals surface area contributed by atoms with Crippen LogP contribution >= 0.6 is 0 Å². The fourth-order valence-corrected chi connectivity index (χ4v) is 13.5. The Labute approximate surface area is 758 Å². The van der Waals surface area contributed by atoms with Crippen LogP contribution in [0.4, 0.5) is 0 Å². The van der Waals surface area contributed by atoms with Gasteiger partial charge in [-0.15, -0.1) is 0 Å². The summed E-state index contributed by atoms with van der Waals surface area (Å²) in [6.45, 7) is -1.15. The third-order valence-electron chi connectivity index (χ3n) is 20.6. The van der Waals surface area contributed by atoms with E-state index < -0.39 is 212 Å². The van der Waals surface area contributed by atoms with Crippen LogP contribution in [0.1, 0.15) is 130 Å². The highest BCUT2D eigenvalue weighted by Gasteiger charge is 2.39. The monoisotopic (exact) mass is 1850 g/mol. The number of unbranched alkanes of at least 4 members (excludes halogenated alkanes) is 3. The molecule has 0 spiro atoms. The van der Waals surface area contributed by atoms with Crippen molar-refractivity contribution in [3.8, 4) is 5.75 Å². The minimum atomic E-state index is -1.93. The maximum Gasteiger partial charge on any atom is 0.326 e. The number of hydrogen-bond donors (Lipinski definition) is 31. The quantitative estimate of drug-likeness (QED) is 0.00958. The Morgan fingerprint density at radius 3 is 1.01 bits per heavy atom. The van der Waals surface area contributed by atoms with E-state index in [4.69, 9.17) is 45.2 Å². The van der Waals surface area contributed by atoms with Gasteiger partial charge in [0.05, 0.1) is 44.5 Å². The molecule has 0 saturated carbocycles. The normalized spacial score (nSPS) is 14.0. The third-order valence-corrected chi connectivity index (χ3v) is 20.6. The number of aliphatic hydroxyl groups is 1. The molecule has 50 heteroatoms. The number of benzene rings is 2. The zero-order valence-electron chi connectivity index (χ0n) is 72.8. The van der Waals surface area contributed by atoms with Crippen molar-refractivity contribution < 1.29 is 92.3 Å². The maximum atomic E-state index is 15.1. The molecule has 13 atom stereocenters. The van der Waals surface area contributed by atoms with Crippen molar-refractivity contribution in [2.45, 2.75) is 213 Å². The average Bonchev–Trinajstić information content (AvgIpc) is 1.31. The number of carboxylic acids is 2. The standard InChI is InChI=1S/C82H123N31O19/c83-25-7-4-14-53(86)68(119)103-57(18-11-29-96-82(89)90)70(121)105-55(15-5-8-26-84)71(122)108-59(30-46-12-2-1-3-13-46)74(125)110-60(32-48-36-91-42-98-48)76(127)107-58(23-24-67(117)118)73(124)106-56(16-6-9-27-85)72(123)109-62(34-50-38-93-44-100-50)77(128)111-63(35-51-39-94-45-101-51)78(129)113-65(41-114)79(130)112-61(33-49-37-92-43-99-49)75(126)104-54(17-10-28-95-81(87)88)69(120)97-40-66(116)102-64(80(131)132)31-47-19-21-52(115)22-20-47/h1-3,12-13,19-22,36-39,42-45,53-65,114-115H,4-11,14-18,23-35,40-41,83-86H2,(H,91,98)(H,92,99)(H,93,100)(H,94,101)(H,97,120)(H,102,116)(H,103,119)(H,104,126)(H,105,121)(H,106,124)(H,107,127)(H,108,122)(H,109,123)(H,110,125)(H,111,128)(H,112,130)(H,113,129)(H,117,118)(H,131,132)(H4,87,88,95)(H4,89,90,96)/t53-,54-,55-,56-,57-,58-,59-,60-,61-,62-,63-,64-,65-/m0/s1. The molecule has 6 aromatic rings. The lowest BCUT2D eigenvalue weighted by molar-refractivity contribution is -0.141. The van der Waals surface area contributed by atoms with E-state index in [2.05, 4.69) is 120 Å². The second-order valence-electron chi connectivity index (χ2n) is 31.1. The first-order valence-electron chi connectivity index (χ1n) is 43.0. The summed E-state index contributed by atoms with van der Waals surface area (Å²) in [6, 6.07) is -6.38. The number of phenolic OH excluding ortho intramolecular Hbond substituents is 1. The number of carboxylic acid groups (broad SMARTS) is 2. The van der Waals surface area contributed by atoms with Gasteiger partial charge < -0.3 is 155 Å². The number of phenols is 1. The summed E-state index contributed by atoms with van der Waals surface area (Å²) >= 11 is 0. The number of aliphatic hydroxyl groups excluding tert-OH is 1. The third kappa shape index (κ3) is 39.2. The van der Waals surface area contributed by atoms with Crippen LogP contribution in [0, 0.1) is 10.8 Å². The molecule has 0 aliphatic carbocycles. The van der Waals surface area contributed by atoms with Crippen molar-refractivity contribution in [1.29, 1.82) is 10.8 Å². The number of aromatic nitrogens is 8. The number of aromatic amines is 4. The number of nitrogens with two attached hydrogens (primary N) is 6. The van der Waals surface area contributed by atoms with Gasteiger partial charge in [-0.2, -0.15) is 0 Å². The first-order chi connectivity index (χ1) is 63.3. The lowest BCUT2D eigenvalue weighted by atomic mass is 10.0. The molecule has 0 fully saturated rings. The minimum absolute atomic E-state index is 0.00909. The summed E-state index contributed by atoms with van der Waals surface area (Å²) in [5.41, 5.74) is 36.5. The molecule has 13 amide bonds. The van der Waals surface area contributed by atoms with Crippen molar-refractivity contribution in [1.82, 2.24) is 120 Å². The van der Waals surface area contributed by atoms with Gasteiger partial charge in [-0.3, -0.25) is 77.9 Å².